The Morgan fingerprint density at radius 2 is 2.08 bits per heavy atom. The van der Waals surface area contributed by atoms with Crippen LogP contribution in [0.25, 0.3) is 0 Å². The summed E-state index contributed by atoms with van der Waals surface area (Å²) in [5.41, 5.74) is 0. The number of hydrogen-bond acceptors (Lipinski definition) is 2. The molecule has 0 spiro atoms. The highest BCUT2D eigenvalue weighted by Crippen LogP contribution is 2.44. The Labute approximate surface area is 78.8 Å². The van der Waals surface area contributed by atoms with Gasteiger partial charge in [0, 0.05) is 24.3 Å². The van der Waals surface area contributed by atoms with Crippen LogP contribution in [0.1, 0.15) is 20.3 Å². The third-order valence-electron chi connectivity index (χ3n) is 2.87. The second-order valence-electron chi connectivity index (χ2n) is 4.56. The van der Waals surface area contributed by atoms with E-state index in [-0.39, 0.29) is 5.91 Å². The van der Waals surface area contributed by atoms with Crippen LogP contribution in [0.2, 0.25) is 0 Å². The molecule has 0 bridgehead atoms. The first-order valence-electron chi connectivity index (χ1n) is 5.05. The Kier molecular flexibility index (Phi) is 2.28. The van der Waals surface area contributed by atoms with Gasteiger partial charge in [0.05, 0.1) is 13.2 Å². The zero-order chi connectivity index (χ0) is 9.42. The first-order chi connectivity index (χ1) is 6.18. The molecule has 3 nitrogen and oxygen atoms in total. The summed E-state index contributed by atoms with van der Waals surface area (Å²) in [5.74, 6) is 1.90. The Morgan fingerprint density at radius 1 is 1.46 bits per heavy atom. The van der Waals surface area contributed by atoms with Crippen LogP contribution < -0.4 is 5.32 Å². The van der Waals surface area contributed by atoms with Gasteiger partial charge in [0.1, 0.15) is 0 Å². The lowest BCUT2D eigenvalue weighted by Gasteiger charge is -2.08. The number of amides is 1. The smallest absolute Gasteiger partial charge is 0.220 e. The molecule has 1 saturated carbocycles. The van der Waals surface area contributed by atoms with E-state index in [0.717, 1.165) is 13.2 Å². The predicted molar refractivity (Wildman–Crippen MR) is 49.2 cm³/mol. The van der Waals surface area contributed by atoms with Gasteiger partial charge in [-0.15, -0.1) is 0 Å². The highest BCUT2D eigenvalue weighted by Gasteiger charge is 2.54. The van der Waals surface area contributed by atoms with E-state index in [1.165, 1.54) is 0 Å². The summed E-state index contributed by atoms with van der Waals surface area (Å²) in [6, 6.07) is 0.431. The highest BCUT2D eigenvalue weighted by molar-refractivity contribution is 5.77. The first-order valence-corrected chi connectivity index (χ1v) is 5.05. The molecule has 1 heterocycles. The van der Waals surface area contributed by atoms with E-state index in [9.17, 15) is 4.79 Å². The van der Waals surface area contributed by atoms with Crippen molar-refractivity contribution >= 4 is 5.91 Å². The molecule has 1 aliphatic heterocycles. The van der Waals surface area contributed by atoms with Gasteiger partial charge in [0.15, 0.2) is 0 Å². The fourth-order valence-electron chi connectivity index (χ4n) is 2.07. The van der Waals surface area contributed by atoms with Crippen LogP contribution in [0.3, 0.4) is 0 Å². The molecule has 1 N–H and O–H groups in total. The zero-order valence-electron chi connectivity index (χ0n) is 8.25. The molecule has 1 aliphatic carbocycles. The van der Waals surface area contributed by atoms with Gasteiger partial charge in [-0.3, -0.25) is 4.79 Å². The van der Waals surface area contributed by atoms with E-state index in [0.29, 0.717) is 30.2 Å². The number of carbonyl (C=O) groups excluding carboxylic acids is 1. The molecule has 2 aliphatic rings. The molecule has 1 amide bonds. The molecule has 0 aromatic rings. The summed E-state index contributed by atoms with van der Waals surface area (Å²) < 4.78 is 5.25. The number of carbonyl (C=O) groups is 1. The molecule has 2 fully saturated rings. The van der Waals surface area contributed by atoms with Crippen LogP contribution >= 0.6 is 0 Å². The topological polar surface area (TPSA) is 38.3 Å². The van der Waals surface area contributed by atoms with Gasteiger partial charge in [-0.2, -0.15) is 0 Å². The molecular weight excluding hydrogens is 166 g/mol. The van der Waals surface area contributed by atoms with Crippen molar-refractivity contribution in [3.8, 4) is 0 Å². The van der Waals surface area contributed by atoms with Gasteiger partial charge in [-0.05, 0) is 5.92 Å². The van der Waals surface area contributed by atoms with Crippen molar-refractivity contribution in [1.29, 1.82) is 0 Å². The van der Waals surface area contributed by atoms with Crippen molar-refractivity contribution in [2.45, 2.75) is 26.3 Å². The van der Waals surface area contributed by atoms with Gasteiger partial charge < -0.3 is 10.1 Å². The predicted octanol–water partition coefficient (Wildman–Crippen LogP) is 0.793. The highest BCUT2D eigenvalue weighted by atomic mass is 16.5. The number of ether oxygens (including phenoxy) is 1. The lowest BCUT2D eigenvalue weighted by Crippen LogP contribution is -2.30. The maximum atomic E-state index is 11.4. The minimum Gasteiger partial charge on any atom is -0.381 e. The minimum absolute atomic E-state index is 0.203. The quantitative estimate of drug-likeness (QED) is 0.702. The summed E-state index contributed by atoms with van der Waals surface area (Å²) in [6.45, 7) is 5.82. The SMILES string of the molecule is CC(C)CC(=O)NC1[C@H]2COC[C@H]12. The standard InChI is InChI=1S/C10H17NO2/c1-6(2)3-9(12)11-10-7-4-13-5-8(7)10/h6-8,10H,3-5H2,1-2H3,(H,11,12)/t7-,8-/m0/s1. The van der Waals surface area contributed by atoms with Crippen molar-refractivity contribution in [3.05, 3.63) is 0 Å². The third-order valence-corrected chi connectivity index (χ3v) is 2.87. The minimum atomic E-state index is 0.203. The molecular formula is C10H17NO2. The largest absolute Gasteiger partial charge is 0.381 e. The summed E-state index contributed by atoms with van der Waals surface area (Å²) in [7, 11) is 0. The molecule has 2 rings (SSSR count). The molecule has 13 heavy (non-hydrogen) atoms. The normalized spacial score (nSPS) is 36.1. The summed E-state index contributed by atoms with van der Waals surface area (Å²) in [5, 5.41) is 3.07. The van der Waals surface area contributed by atoms with Crippen LogP contribution in [0, 0.1) is 17.8 Å². The number of hydrogen-bond donors (Lipinski definition) is 1. The van der Waals surface area contributed by atoms with E-state index in [2.05, 4.69) is 19.2 Å². The molecule has 2 atom stereocenters. The summed E-state index contributed by atoms with van der Waals surface area (Å²) in [6.07, 6.45) is 0.650. The number of nitrogens with one attached hydrogen (secondary N) is 1. The van der Waals surface area contributed by atoms with E-state index in [1.54, 1.807) is 0 Å². The van der Waals surface area contributed by atoms with Crippen LogP contribution in [0.15, 0.2) is 0 Å². The molecule has 0 aromatic carbocycles. The lowest BCUT2D eigenvalue weighted by molar-refractivity contribution is -0.122. The van der Waals surface area contributed by atoms with Crippen LogP contribution in [-0.4, -0.2) is 25.2 Å². The first kappa shape index (κ1) is 9.00. The zero-order valence-corrected chi connectivity index (χ0v) is 8.25. The van der Waals surface area contributed by atoms with Crippen LogP contribution in [0.4, 0.5) is 0 Å². The van der Waals surface area contributed by atoms with Crippen molar-refractivity contribution in [2.75, 3.05) is 13.2 Å². The Bertz CT molecular complexity index is 205. The second kappa shape index (κ2) is 3.29. The van der Waals surface area contributed by atoms with Crippen LogP contribution in [0.5, 0.6) is 0 Å². The van der Waals surface area contributed by atoms with Gasteiger partial charge in [-0.1, -0.05) is 13.8 Å². The molecule has 0 unspecified atom stereocenters. The van der Waals surface area contributed by atoms with E-state index < -0.39 is 0 Å². The van der Waals surface area contributed by atoms with Crippen LogP contribution in [-0.2, 0) is 9.53 Å². The average molecular weight is 183 g/mol. The van der Waals surface area contributed by atoms with Gasteiger partial charge in [0.25, 0.3) is 0 Å². The molecule has 0 radical (unpaired) electrons. The van der Waals surface area contributed by atoms with Gasteiger partial charge in [0.2, 0.25) is 5.91 Å². The molecule has 3 heteroatoms. The number of rotatable bonds is 3. The Morgan fingerprint density at radius 3 is 2.62 bits per heavy atom. The summed E-state index contributed by atoms with van der Waals surface area (Å²) in [4.78, 5) is 11.4. The Hall–Kier alpha value is -0.570. The summed E-state index contributed by atoms with van der Waals surface area (Å²) >= 11 is 0. The lowest BCUT2D eigenvalue weighted by atomic mass is 10.1. The fraction of sp³-hybridized carbons (Fsp3) is 0.900. The van der Waals surface area contributed by atoms with Crippen molar-refractivity contribution in [3.63, 3.8) is 0 Å². The number of fused-ring (bicyclic) bond motifs is 1. The fourth-order valence-corrected chi connectivity index (χ4v) is 2.07. The molecule has 0 aromatic heterocycles. The molecule has 74 valence electrons. The van der Waals surface area contributed by atoms with E-state index in [4.69, 9.17) is 4.74 Å². The van der Waals surface area contributed by atoms with E-state index in [1.807, 2.05) is 0 Å². The second-order valence-corrected chi connectivity index (χ2v) is 4.56. The van der Waals surface area contributed by atoms with Gasteiger partial charge >= 0.3 is 0 Å². The maximum Gasteiger partial charge on any atom is 0.220 e. The average Bonchev–Trinajstić information content (AvgIpc) is 2.51. The molecule has 1 saturated heterocycles. The third kappa shape index (κ3) is 1.85. The van der Waals surface area contributed by atoms with Gasteiger partial charge in [-0.25, -0.2) is 0 Å². The van der Waals surface area contributed by atoms with E-state index >= 15 is 0 Å². The van der Waals surface area contributed by atoms with Crippen molar-refractivity contribution in [2.24, 2.45) is 17.8 Å². The van der Waals surface area contributed by atoms with Crippen molar-refractivity contribution in [1.82, 2.24) is 5.32 Å². The monoisotopic (exact) mass is 183 g/mol. The maximum absolute atomic E-state index is 11.4. The van der Waals surface area contributed by atoms with Crippen molar-refractivity contribution < 1.29 is 9.53 Å². The Balaban J connectivity index is 1.71.